The zero-order valence-electron chi connectivity index (χ0n) is 17.0. The molecule has 0 radical (unpaired) electrons. The molecule has 0 saturated carbocycles. The first-order chi connectivity index (χ1) is 13.5. The van der Waals surface area contributed by atoms with Crippen molar-refractivity contribution in [2.45, 2.75) is 25.5 Å². The summed E-state index contributed by atoms with van der Waals surface area (Å²) in [7, 11) is 1.58. The normalized spacial score (nSPS) is 16.6. The molecule has 0 N–H and O–H groups in total. The van der Waals surface area contributed by atoms with Gasteiger partial charge >= 0.3 is 0 Å². The van der Waals surface area contributed by atoms with Crippen LogP contribution < -0.4 is 4.74 Å². The van der Waals surface area contributed by atoms with E-state index in [0.717, 1.165) is 18.8 Å². The van der Waals surface area contributed by atoms with Gasteiger partial charge in [0, 0.05) is 33.3 Å². The lowest BCUT2D eigenvalue weighted by atomic mass is 10.0. The minimum Gasteiger partial charge on any atom is -0.492 e. The highest BCUT2D eigenvalue weighted by atomic mass is 16.5. The van der Waals surface area contributed by atoms with Gasteiger partial charge in [0.1, 0.15) is 18.0 Å². The number of hydrogen-bond acceptors (Lipinski definition) is 4. The molecule has 150 valence electrons. The summed E-state index contributed by atoms with van der Waals surface area (Å²) < 4.78 is 11.4. The van der Waals surface area contributed by atoms with Gasteiger partial charge in [0.15, 0.2) is 0 Å². The van der Waals surface area contributed by atoms with Gasteiger partial charge in [-0.3, -0.25) is 9.69 Å². The van der Waals surface area contributed by atoms with Crippen LogP contribution in [0, 0.1) is 0 Å². The average molecular weight is 383 g/mol. The Morgan fingerprint density at radius 1 is 0.964 bits per heavy atom. The van der Waals surface area contributed by atoms with Gasteiger partial charge in [0.25, 0.3) is 5.91 Å². The van der Waals surface area contributed by atoms with Crippen LogP contribution in [0.25, 0.3) is 0 Å². The first kappa shape index (κ1) is 20.4. The van der Waals surface area contributed by atoms with Crippen LogP contribution in [0.15, 0.2) is 60.7 Å². The molecule has 1 unspecified atom stereocenters. The summed E-state index contributed by atoms with van der Waals surface area (Å²) in [4.78, 5) is 17.0. The molecule has 0 aliphatic carbocycles. The Hall–Kier alpha value is -2.37. The van der Waals surface area contributed by atoms with Crippen molar-refractivity contribution in [1.82, 2.24) is 9.80 Å². The summed E-state index contributed by atoms with van der Waals surface area (Å²) in [5.74, 6) is 0.922. The maximum absolute atomic E-state index is 12.7. The standard InChI is InChI=1S/C23H30N2O3/c1-23(2,27-3)22(26)25-16-14-24(15-17-25)21(19-10-6-4-7-11-19)18-28-20-12-8-5-9-13-20/h4-13,21H,14-18H2,1-3H3. The monoisotopic (exact) mass is 382 g/mol. The number of carbonyl (C=O) groups is 1. The van der Waals surface area contributed by atoms with Gasteiger partial charge in [0.05, 0.1) is 6.04 Å². The number of amides is 1. The molecule has 0 aromatic heterocycles. The number of rotatable bonds is 7. The van der Waals surface area contributed by atoms with Gasteiger partial charge in [-0.2, -0.15) is 0 Å². The van der Waals surface area contributed by atoms with Gasteiger partial charge in [-0.05, 0) is 31.5 Å². The van der Waals surface area contributed by atoms with E-state index in [2.05, 4.69) is 29.2 Å². The zero-order chi connectivity index (χ0) is 20.0. The lowest BCUT2D eigenvalue weighted by molar-refractivity contribution is -0.153. The molecular formula is C23H30N2O3. The SMILES string of the molecule is COC(C)(C)C(=O)N1CCN(C(COc2ccccc2)c2ccccc2)CC1. The summed E-state index contributed by atoms with van der Waals surface area (Å²) in [6.07, 6.45) is 0. The molecule has 1 aliphatic heterocycles. The lowest BCUT2D eigenvalue weighted by Gasteiger charge is -2.41. The highest BCUT2D eigenvalue weighted by molar-refractivity contribution is 5.84. The van der Waals surface area contributed by atoms with Crippen molar-refractivity contribution in [3.8, 4) is 5.75 Å². The van der Waals surface area contributed by atoms with E-state index in [1.165, 1.54) is 5.56 Å². The number of piperazine rings is 1. The topological polar surface area (TPSA) is 42.0 Å². The molecule has 1 heterocycles. The van der Waals surface area contributed by atoms with Crippen molar-refractivity contribution >= 4 is 5.91 Å². The van der Waals surface area contributed by atoms with Crippen LogP contribution in [0.3, 0.4) is 0 Å². The minimum absolute atomic E-state index is 0.0476. The van der Waals surface area contributed by atoms with Crippen LogP contribution in [0.5, 0.6) is 5.75 Å². The number of benzene rings is 2. The van der Waals surface area contributed by atoms with E-state index in [1.807, 2.05) is 55.1 Å². The maximum Gasteiger partial charge on any atom is 0.254 e. The van der Waals surface area contributed by atoms with E-state index in [4.69, 9.17) is 9.47 Å². The molecule has 5 heteroatoms. The number of hydrogen-bond donors (Lipinski definition) is 0. The summed E-state index contributed by atoms with van der Waals surface area (Å²) in [5.41, 5.74) is 0.452. The number of para-hydroxylation sites is 1. The number of ether oxygens (including phenoxy) is 2. The molecular weight excluding hydrogens is 352 g/mol. The second-order valence-electron chi connectivity index (χ2n) is 7.59. The van der Waals surface area contributed by atoms with E-state index in [9.17, 15) is 4.79 Å². The quantitative estimate of drug-likeness (QED) is 0.736. The van der Waals surface area contributed by atoms with Crippen molar-refractivity contribution in [3.63, 3.8) is 0 Å². The third-order valence-corrected chi connectivity index (χ3v) is 5.40. The Bertz CT molecular complexity index is 741. The van der Waals surface area contributed by atoms with Gasteiger partial charge in [-0.25, -0.2) is 0 Å². The fourth-order valence-corrected chi connectivity index (χ4v) is 3.48. The molecule has 1 amide bonds. The van der Waals surface area contributed by atoms with Crippen LogP contribution in [0.1, 0.15) is 25.5 Å². The van der Waals surface area contributed by atoms with Crippen molar-refractivity contribution < 1.29 is 14.3 Å². The third kappa shape index (κ3) is 4.91. The molecule has 2 aromatic rings. The Morgan fingerprint density at radius 2 is 1.54 bits per heavy atom. The van der Waals surface area contributed by atoms with Crippen LogP contribution in [-0.4, -0.2) is 61.2 Å². The van der Waals surface area contributed by atoms with Crippen LogP contribution >= 0.6 is 0 Å². The largest absolute Gasteiger partial charge is 0.492 e. The molecule has 1 atom stereocenters. The Kier molecular flexibility index (Phi) is 6.70. The van der Waals surface area contributed by atoms with Gasteiger partial charge in [-0.1, -0.05) is 48.5 Å². The molecule has 1 fully saturated rings. The van der Waals surface area contributed by atoms with E-state index >= 15 is 0 Å². The van der Waals surface area contributed by atoms with Gasteiger partial charge in [-0.15, -0.1) is 0 Å². The second kappa shape index (κ2) is 9.22. The summed E-state index contributed by atoms with van der Waals surface area (Å²) in [5, 5.41) is 0. The molecule has 28 heavy (non-hydrogen) atoms. The highest BCUT2D eigenvalue weighted by Gasteiger charge is 2.35. The predicted molar refractivity (Wildman–Crippen MR) is 110 cm³/mol. The maximum atomic E-state index is 12.7. The van der Waals surface area contributed by atoms with E-state index in [0.29, 0.717) is 19.7 Å². The first-order valence-electron chi connectivity index (χ1n) is 9.82. The van der Waals surface area contributed by atoms with E-state index in [-0.39, 0.29) is 11.9 Å². The Balaban J connectivity index is 1.67. The second-order valence-corrected chi connectivity index (χ2v) is 7.59. The van der Waals surface area contributed by atoms with Crippen molar-refractivity contribution in [1.29, 1.82) is 0 Å². The summed E-state index contributed by atoms with van der Waals surface area (Å²) in [6, 6.07) is 20.5. The zero-order valence-corrected chi connectivity index (χ0v) is 17.0. The third-order valence-electron chi connectivity index (χ3n) is 5.40. The molecule has 3 rings (SSSR count). The Morgan fingerprint density at radius 3 is 2.11 bits per heavy atom. The fourth-order valence-electron chi connectivity index (χ4n) is 3.48. The summed E-state index contributed by atoms with van der Waals surface area (Å²) >= 11 is 0. The van der Waals surface area contributed by atoms with Crippen LogP contribution in [-0.2, 0) is 9.53 Å². The van der Waals surface area contributed by atoms with Crippen molar-refractivity contribution in [2.24, 2.45) is 0 Å². The number of methoxy groups -OCH3 is 1. The smallest absolute Gasteiger partial charge is 0.254 e. The van der Waals surface area contributed by atoms with Gasteiger partial charge < -0.3 is 14.4 Å². The predicted octanol–water partition coefficient (Wildman–Crippen LogP) is 3.38. The highest BCUT2D eigenvalue weighted by Crippen LogP contribution is 2.25. The van der Waals surface area contributed by atoms with E-state index in [1.54, 1.807) is 7.11 Å². The molecule has 0 bridgehead atoms. The van der Waals surface area contributed by atoms with Crippen molar-refractivity contribution in [3.05, 3.63) is 66.2 Å². The van der Waals surface area contributed by atoms with E-state index < -0.39 is 5.60 Å². The molecule has 1 saturated heterocycles. The van der Waals surface area contributed by atoms with Crippen LogP contribution in [0.4, 0.5) is 0 Å². The van der Waals surface area contributed by atoms with Crippen molar-refractivity contribution in [2.75, 3.05) is 39.9 Å². The fraction of sp³-hybridized carbons (Fsp3) is 0.435. The molecule has 0 spiro atoms. The summed E-state index contributed by atoms with van der Waals surface area (Å²) in [6.45, 7) is 7.23. The molecule has 1 aliphatic rings. The lowest BCUT2D eigenvalue weighted by Crippen LogP contribution is -2.55. The van der Waals surface area contributed by atoms with Gasteiger partial charge in [0.2, 0.25) is 0 Å². The first-order valence-corrected chi connectivity index (χ1v) is 9.82. The minimum atomic E-state index is -0.780. The van der Waals surface area contributed by atoms with Crippen LogP contribution in [0.2, 0.25) is 0 Å². The number of nitrogens with zero attached hydrogens (tertiary/aromatic N) is 2. The molecule has 5 nitrogen and oxygen atoms in total. The Labute approximate surface area is 167 Å². The molecule has 2 aromatic carbocycles. The number of carbonyl (C=O) groups excluding carboxylic acids is 1. The average Bonchev–Trinajstić information content (AvgIpc) is 2.75.